The quantitative estimate of drug-likeness (QED) is 0.317. The lowest BCUT2D eigenvalue weighted by Gasteiger charge is -2.56. The smallest absolute Gasteiger partial charge is 0.339 e. The van der Waals surface area contributed by atoms with Gasteiger partial charge in [-0.15, -0.1) is 11.8 Å². The zero-order chi connectivity index (χ0) is 22.7. The minimum Gasteiger partial charge on any atom is -0.490 e. The van der Waals surface area contributed by atoms with Gasteiger partial charge in [0.2, 0.25) is 5.91 Å². The van der Waals surface area contributed by atoms with E-state index in [4.69, 9.17) is 9.47 Å². The molecule has 33 heavy (non-hydrogen) atoms. The number of hydrogen-bond donors (Lipinski definition) is 1. The molecule has 2 aromatic carbocycles. The van der Waals surface area contributed by atoms with Gasteiger partial charge >= 0.3 is 5.97 Å². The Bertz CT molecular complexity index is 957. The zero-order valence-electron chi connectivity index (χ0n) is 18.8. The Morgan fingerprint density at radius 3 is 2.21 bits per heavy atom. The third kappa shape index (κ3) is 5.37. The van der Waals surface area contributed by atoms with E-state index in [0.29, 0.717) is 17.9 Å². The molecule has 0 unspecified atom stereocenters. The van der Waals surface area contributed by atoms with Gasteiger partial charge < -0.3 is 14.8 Å². The first-order chi connectivity index (χ1) is 16.1. The van der Waals surface area contributed by atoms with E-state index in [1.54, 1.807) is 6.07 Å². The van der Waals surface area contributed by atoms with Gasteiger partial charge in [-0.1, -0.05) is 30.3 Å². The standard InChI is InChI=1S/C27H31NO4S/c29-25(28-27-15-19-12-20(16-27)14-21(13-19)17-27)18-33-24-9-5-4-8-23(24)26(30)32-11-10-31-22-6-2-1-3-7-22/h1-9,19-21H,10-18H2,(H,28,29). The molecule has 4 aliphatic rings. The second-order valence-corrected chi connectivity index (χ2v) is 10.8. The molecule has 0 spiro atoms. The minimum atomic E-state index is -0.392. The van der Waals surface area contributed by atoms with Gasteiger partial charge in [-0.3, -0.25) is 4.79 Å². The molecular weight excluding hydrogens is 434 g/mol. The average molecular weight is 466 g/mol. The lowest BCUT2D eigenvalue weighted by Crippen LogP contribution is -2.60. The first-order valence-corrected chi connectivity index (χ1v) is 12.9. The summed E-state index contributed by atoms with van der Waals surface area (Å²) in [5.74, 6) is 3.12. The van der Waals surface area contributed by atoms with Crippen molar-refractivity contribution in [1.29, 1.82) is 0 Å². The molecule has 0 radical (unpaired) electrons. The highest BCUT2D eigenvalue weighted by Gasteiger charge is 2.51. The van der Waals surface area contributed by atoms with Crippen LogP contribution in [0.2, 0.25) is 0 Å². The molecule has 1 N–H and O–H groups in total. The van der Waals surface area contributed by atoms with E-state index in [1.165, 1.54) is 31.0 Å². The van der Waals surface area contributed by atoms with Crippen molar-refractivity contribution in [1.82, 2.24) is 5.32 Å². The fourth-order valence-electron chi connectivity index (χ4n) is 6.39. The number of benzene rings is 2. The topological polar surface area (TPSA) is 64.6 Å². The van der Waals surface area contributed by atoms with Crippen molar-refractivity contribution in [2.24, 2.45) is 17.8 Å². The molecular formula is C27H31NO4S. The molecule has 0 heterocycles. The van der Waals surface area contributed by atoms with Crippen molar-refractivity contribution in [3.63, 3.8) is 0 Å². The summed E-state index contributed by atoms with van der Waals surface area (Å²) >= 11 is 1.40. The van der Waals surface area contributed by atoms with Gasteiger partial charge in [0, 0.05) is 10.4 Å². The first-order valence-electron chi connectivity index (χ1n) is 12.0. The molecule has 5 nitrogen and oxygen atoms in total. The molecule has 6 heteroatoms. The zero-order valence-corrected chi connectivity index (χ0v) is 19.6. The lowest BCUT2D eigenvalue weighted by atomic mass is 9.53. The molecule has 0 atom stereocenters. The van der Waals surface area contributed by atoms with E-state index < -0.39 is 5.97 Å². The van der Waals surface area contributed by atoms with Crippen LogP contribution in [0.1, 0.15) is 48.9 Å². The highest BCUT2D eigenvalue weighted by molar-refractivity contribution is 8.00. The molecule has 0 saturated heterocycles. The van der Waals surface area contributed by atoms with Crippen molar-refractivity contribution in [3.8, 4) is 5.75 Å². The summed E-state index contributed by atoms with van der Waals surface area (Å²) in [6.07, 6.45) is 7.50. The number of rotatable bonds is 9. The van der Waals surface area contributed by atoms with E-state index in [0.717, 1.165) is 47.7 Å². The molecule has 4 bridgehead atoms. The number of carbonyl (C=O) groups excluding carboxylic acids is 2. The summed E-state index contributed by atoms with van der Waals surface area (Å²) in [5, 5.41) is 3.41. The van der Waals surface area contributed by atoms with Crippen LogP contribution >= 0.6 is 11.8 Å². The van der Waals surface area contributed by atoms with Crippen LogP contribution in [0.5, 0.6) is 5.75 Å². The molecule has 4 saturated carbocycles. The predicted octanol–water partition coefficient (Wildman–Crippen LogP) is 5.10. The summed E-state index contributed by atoms with van der Waals surface area (Å²) < 4.78 is 11.0. The molecule has 174 valence electrons. The normalized spacial score (nSPS) is 27.2. The highest BCUT2D eigenvalue weighted by atomic mass is 32.2. The average Bonchev–Trinajstić information content (AvgIpc) is 2.80. The summed E-state index contributed by atoms with van der Waals surface area (Å²) in [7, 11) is 0. The molecule has 4 fully saturated rings. The molecule has 4 aliphatic carbocycles. The maximum atomic E-state index is 12.9. The second-order valence-electron chi connectivity index (χ2n) is 9.83. The highest BCUT2D eigenvalue weighted by Crippen LogP contribution is 2.55. The molecule has 1 amide bonds. The Balaban J connectivity index is 1.11. The number of carbonyl (C=O) groups is 2. The van der Waals surface area contributed by atoms with Crippen molar-refractivity contribution >= 4 is 23.6 Å². The number of hydrogen-bond acceptors (Lipinski definition) is 5. The number of thioether (sulfide) groups is 1. The van der Waals surface area contributed by atoms with Crippen LogP contribution in [-0.4, -0.2) is 36.4 Å². The number of ether oxygens (including phenoxy) is 2. The van der Waals surface area contributed by atoms with Crippen LogP contribution < -0.4 is 10.1 Å². The number of nitrogens with one attached hydrogen (secondary N) is 1. The minimum absolute atomic E-state index is 0.0175. The van der Waals surface area contributed by atoms with Crippen molar-refractivity contribution in [2.45, 2.75) is 49.0 Å². The van der Waals surface area contributed by atoms with Gasteiger partial charge in [0.1, 0.15) is 19.0 Å². The van der Waals surface area contributed by atoms with Crippen LogP contribution in [0, 0.1) is 17.8 Å². The first kappa shape index (κ1) is 22.3. The van der Waals surface area contributed by atoms with Crippen molar-refractivity contribution < 1.29 is 19.1 Å². The van der Waals surface area contributed by atoms with E-state index in [9.17, 15) is 9.59 Å². The van der Waals surface area contributed by atoms with Crippen molar-refractivity contribution in [3.05, 3.63) is 60.2 Å². The largest absolute Gasteiger partial charge is 0.490 e. The van der Waals surface area contributed by atoms with Gasteiger partial charge in [-0.05, 0) is 80.5 Å². The number of para-hydroxylation sites is 1. The Morgan fingerprint density at radius 1 is 0.879 bits per heavy atom. The SMILES string of the molecule is O=C(CSc1ccccc1C(=O)OCCOc1ccccc1)NC12CC3CC(CC(C3)C1)C2. The third-order valence-electron chi connectivity index (χ3n) is 7.24. The van der Waals surface area contributed by atoms with Gasteiger partial charge in [-0.25, -0.2) is 4.79 Å². The summed E-state index contributed by atoms with van der Waals surface area (Å²) in [4.78, 5) is 26.3. The fraction of sp³-hybridized carbons (Fsp3) is 0.481. The molecule has 0 aliphatic heterocycles. The third-order valence-corrected chi connectivity index (χ3v) is 8.31. The van der Waals surface area contributed by atoms with Gasteiger partial charge in [0.25, 0.3) is 0 Å². The lowest BCUT2D eigenvalue weighted by molar-refractivity contribution is -0.124. The van der Waals surface area contributed by atoms with Crippen LogP contribution in [0.3, 0.4) is 0 Å². The number of amides is 1. The molecule has 2 aromatic rings. The molecule has 6 rings (SSSR count). The Labute approximate surface area is 199 Å². The Hall–Kier alpha value is -2.47. The summed E-state index contributed by atoms with van der Waals surface area (Å²) in [5.41, 5.74) is 0.508. The maximum Gasteiger partial charge on any atom is 0.339 e. The maximum absolute atomic E-state index is 12.9. The Kier molecular flexibility index (Phi) is 6.63. The fourth-order valence-corrected chi connectivity index (χ4v) is 7.23. The Morgan fingerprint density at radius 2 is 1.52 bits per heavy atom. The summed E-state index contributed by atoms with van der Waals surface area (Å²) in [6, 6.07) is 16.8. The van der Waals surface area contributed by atoms with Crippen LogP contribution in [-0.2, 0) is 9.53 Å². The van der Waals surface area contributed by atoms with E-state index in [1.807, 2.05) is 48.5 Å². The van der Waals surface area contributed by atoms with E-state index in [-0.39, 0.29) is 18.1 Å². The molecule has 0 aromatic heterocycles. The van der Waals surface area contributed by atoms with Gasteiger partial charge in [0.15, 0.2) is 0 Å². The van der Waals surface area contributed by atoms with Crippen LogP contribution in [0.4, 0.5) is 0 Å². The van der Waals surface area contributed by atoms with Gasteiger partial charge in [0.05, 0.1) is 11.3 Å². The van der Waals surface area contributed by atoms with E-state index in [2.05, 4.69) is 5.32 Å². The summed E-state index contributed by atoms with van der Waals surface area (Å²) in [6.45, 7) is 0.456. The second kappa shape index (κ2) is 9.80. The predicted molar refractivity (Wildman–Crippen MR) is 128 cm³/mol. The van der Waals surface area contributed by atoms with Gasteiger partial charge in [-0.2, -0.15) is 0 Å². The monoisotopic (exact) mass is 465 g/mol. The van der Waals surface area contributed by atoms with E-state index >= 15 is 0 Å². The van der Waals surface area contributed by atoms with Crippen LogP contribution in [0.25, 0.3) is 0 Å². The number of esters is 1. The van der Waals surface area contributed by atoms with Crippen molar-refractivity contribution in [2.75, 3.05) is 19.0 Å². The van der Waals surface area contributed by atoms with Crippen LogP contribution in [0.15, 0.2) is 59.5 Å².